The molecule has 0 spiro atoms. The van der Waals surface area contributed by atoms with Crippen LogP contribution in [0.1, 0.15) is 31.6 Å². The van der Waals surface area contributed by atoms with E-state index in [-0.39, 0.29) is 17.1 Å². The van der Waals surface area contributed by atoms with Crippen molar-refractivity contribution in [3.63, 3.8) is 0 Å². The predicted octanol–water partition coefficient (Wildman–Crippen LogP) is 0.0854. The third-order valence-electron chi connectivity index (χ3n) is 2.88. The molecule has 1 atom stereocenters. The number of nitrogens with zero attached hydrogens (tertiary/aromatic N) is 3. The normalized spacial score (nSPS) is 17.9. The van der Waals surface area contributed by atoms with Crippen molar-refractivity contribution in [2.45, 2.75) is 37.4 Å². The largest absolute Gasteiger partial charge is 0.384 e. The smallest absolute Gasteiger partial charge is 0.273 e. The minimum Gasteiger partial charge on any atom is -0.384 e. The third kappa shape index (κ3) is 2.88. The van der Waals surface area contributed by atoms with E-state index in [1.165, 1.54) is 0 Å². The summed E-state index contributed by atoms with van der Waals surface area (Å²) in [7, 11) is -2.17. The van der Waals surface area contributed by atoms with Crippen molar-refractivity contribution in [2.75, 3.05) is 13.7 Å². The molecule has 8 heteroatoms. The lowest BCUT2D eigenvalue weighted by Gasteiger charge is -2.11. The maximum atomic E-state index is 11.4. The molecular formula is C10H18N4O3S. The zero-order valence-electron chi connectivity index (χ0n) is 10.5. The number of primary sulfonamides is 1. The van der Waals surface area contributed by atoms with Crippen LogP contribution in [-0.4, -0.2) is 36.9 Å². The average Bonchev–Trinajstić information content (AvgIpc) is 2.99. The highest BCUT2D eigenvalue weighted by molar-refractivity contribution is 7.89. The van der Waals surface area contributed by atoms with Crippen LogP contribution >= 0.6 is 0 Å². The van der Waals surface area contributed by atoms with Gasteiger partial charge in [-0.2, -0.15) is 0 Å². The van der Waals surface area contributed by atoms with Crippen molar-refractivity contribution in [2.24, 2.45) is 11.1 Å². The Morgan fingerprint density at radius 3 is 2.67 bits per heavy atom. The fourth-order valence-electron chi connectivity index (χ4n) is 2.00. The first-order chi connectivity index (χ1) is 8.43. The number of methoxy groups -OCH3 is 1. The Morgan fingerprint density at radius 1 is 1.50 bits per heavy atom. The van der Waals surface area contributed by atoms with Crippen molar-refractivity contribution in [1.82, 2.24) is 14.8 Å². The van der Waals surface area contributed by atoms with Crippen LogP contribution in [0, 0.1) is 5.92 Å². The second-order valence-electron chi connectivity index (χ2n) is 4.81. The van der Waals surface area contributed by atoms with Crippen LogP contribution in [0.25, 0.3) is 0 Å². The summed E-state index contributed by atoms with van der Waals surface area (Å²) >= 11 is 0. The molecular weight excluding hydrogens is 256 g/mol. The molecule has 1 aliphatic rings. The molecule has 1 aromatic rings. The van der Waals surface area contributed by atoms with Crippen molar-refractivity contribution in [3.8, 4) is 0 Å². The van der Waals surface area contributed by atoms with Gasteiger partial charge in [-0.15, -0.1) is 10.2 Å². The van der Waals surface area contributed by atoms with Gasteiger partial charge >= 0.3 is 0 Å². The summed E-state index contributed by atoms with van der Waals surface area (Å²) in [6.07, 6.45) is 2.53. The van der Waals surface area contributed by atoms with Gasteiger partial charge in [0.25, 0.3) is 15.2 Å². The molecule has 0 radical (unpaired) electrons. The quantitative estimate of drug-likeness (QED) is 0.792. The number of nitrogens with two attached hydrogens (primary N) is 1. The third-order valence-corrected chi connectivity index (χ3v) is 3.67. The van der Waals surface area contributed by atoms with Gasteiger partial charge in [-0.3, -0.25) is 4.57 Å². The van der Waals surface area contributed by atoms with E-state index < -0.39 is 10.0 Å². The van der Waals surface area contributed by atoms with Crippen molar-refractivity contribution in [3.05, 3.63) is 5.82 Å². The van der Waals surface area contributed by atoms with E-state index in [0.717, 1.165) is 12.8 Å². The molecule has 2 rings (SSSR count). The van der Waals surface area contributed by atoms with Gasteiger partial charge in [0.1, 0.15) is 5.82 Å². The van der Waals surface area contributed by atoms with Crippen molar-refractivity contribution >= 4 is 10.0 Å². The molecule has 0 aliphatic heterocycles. The Morgan fingerprint density at radius 2 is 2.17 bits per heavy atom. The van der Waals surface area contributed by atoms with Gasteiger partial charge in [-0.1, -0.05) is 6.92 Å². The Labute approximate surface area is 106 Å². The molecule has 0 amide bonds. The molecule has 102 valence electrons. The number of aromatic nitrogens is 3. The standard InChI is InChI=1S/C10H18N4O3S/c1-7(6-17-2)5-9-12-13-10(18(11,15)16)14(9)8-3-4-8/h7-8H,3-6H2,1-2H3,(H2,11,15,16). The Bertz CT molecular complexity index is 521. The highest BCUT2D eigenvalue weighted by atomic mass is 32.2. The molecule has 1 saturated carbocycles. The number of hydrogen-bond donors (Lipinski definition) is 1. The molecule has 0 bridgehead atoms. The first-order valence-corrected chi connectivity index (χ1v) is 7.43. The van der Waals surface area contributed by atoms with Crippen LogP contribution in [0.15, 0.2) is 5.16 Å². The van der Waals surface area contributed by atoms with Gasteiger partial charge < -0.3 is 4.74 Å². The average molecular weight is 274 g/mol. The highest BCUT2D eigenvalue weighted by Gasteiger charge is 2.33. The minimum absolute atomic E-state index is 0.121. The van der Waals surface area contributed by atoms with E-state index in [1.807, 2.05) is 6.92 Å². The zero-order chi connectivity index (χ0) is 13.3. The number of hydrogen-bond acceptors (Lipinski definition) is 5. The van der Waals surface area contributed by atoms with E-state index in [4.69, 9.17) is 9.88 Å². The molecule has 0 saturated heterocycles. The lowest BCUT2D eigenvalue weighted by molar-refractivity contribution is 0.158. The van der Waals surface area contributed by atoms with Gasteiger partial charge in [0.2, 0.25) is 0 Å². The van der Waals surface area contributed by atoms with E-state index >= 15 is 0 Å². The van der Waals surface area contributed by atoms with E-state index in [1.54, 1.807) is 11.7 Å². The van der Waals surface area contributed by atoms with Gasteiger partial charge in [0.15, 0.2) is 0 Å². The monoisotopic (exact) mass is 274 g/mol. The SMILES string of the molecule is COCC(C)Cc1nnc(S(N)(=O)=O)n1C1CC1. The Kier molecular flexibility index (Phi) is 3.69. The molecule has 2 N–H and O–H groups in total. The summed E-state index contributed by atoms with van der Waals surface area (Å²) in [5, 5.41) is 12.7. The van der Waals surface area contributed by atoms with Crippen LogP contribution in [0.5, 0.6) is 0 Å². The maximum Gasteiger partial charge on any atom is 0.273 e. The summed E-state index contributed by atoms with van der Waals surface area (Å²) in [6, 6.07) is 0.179. The zero-order valence-corrected chi connectivity index (χ0v) is 11.4. The van der Waals surface area contributed by atoms with Crippen molar-refractivity contribution in [1.29, 1.82) is 0 Å². The first-order valence-electron chi connectivity index (χ1n) is 5.89. The Balaban J connectivity index is 2.28. The molecule has 1 fully saturated rings. The van der Waals surface area contributed by atoms with Crippen LogP contribution in [-0.2, 0) is 21.2 Å². The molecule has 1 unspecified atom stereocenters. The maximum absolute atomic E-state index is 11.4. The molecule has 7 nitrogen and oxygen atoms in total. The van der Waals surface area contributed by atoms with E-state index in [0.29, 0.717) is 18.9 Å². The molecule has 18 heavy (non-hydrogen) atoms. The fraction of sp³-hybridized carbons (Fsp3) is 0.800. The Hall–Kier alpha value is -0.990. The van der Waals surface area contributed by atoms with Crippen LogP contribution < -0.4 is 5.14 Å². The van der Waals surface area contributed by atoms with Gasteiger partial charge in [0.05, 0.1) is 0 Å². The second-order valence-corrected chi connectivity index (χ2v) is 6.26. The minimum atomic E-state index is -3.81. The van der Waals surface area contributed by atoms with Crippen LogP contribution in [0.4, 0.5) is 0 Å². The second kappa shape index (κ2) is 4.94. The number of rotatable bonds is 6. The van der Waals surface area contributed by atoms with Crippen LogP contribution in [0.2, 0.25) is 0 Å². The van der Waals surface area contributed by atoms with Gasteiger partial charge in [0, 0.05) is 26.2 Å². The summed E-state index contributed by atoms with van der Waals surface area (Å²) in [5.74, 6) is 0.927. The molecule has 1 aromatic heterocycles. The molecule has 1 heterocycles. The molecule has 1 aliphatic carbocycles. The lowest BCUT2D eigenvalue weighted by Crippen LogP contribution is -2.20. The first kappa shape index (κ1) is 13.4. The lowest BCUT2D eigenvalue weighted by atomic mass is 10.1. The summed E-state index contributed by atoms with van der Waals surface area (Å²) in [4.78, 5) is 0. The summed E-state index contributed by atoms with van der Waals surface area (Å²) < 4.78 is 29.6. The van der Waals surface area contributed by atoms with Gasteiger partial charge in [-0.25, -0.2) is 13.6 Å². The fourth-order valence-corrected chi connectivity index (χ4v) is 2.68. The summed E-state index contributed by atoms with van der Waals surface area (Å²) in [6.45, 7) is 2.62. The summed E-state index contributed by atoms with van der Waals surface area (Å²) in [5.41, 5.74) is 0. The number of ether oxygens (including phenoxy) is 1. The topological polar surface area (TPSA) is 100 Å². The predicted molar refractivity (Wildman–Crippen MR) is 64.4 cm³/mol. The van der Waals surface area contributed by atoms with E-state index in [2.05, 4.69) is 10.2 Å². The van der Waals surface area contributed by atoms with E-state index in [9.17, 15) is 8.42 Å². The van der Waals surface area contributed by atoms with Crippen LogP contribution in [0.3, 0.4) is 0 Å². The van der Waals surface area contributed by atoms with Crippen molar-refractivity contribution < 1.29 is 13.2 Å². The number of sulfonamides is 1. The van der Waals surface area contributed by atoms with Gasteiger partial charge in [-0.05, 0) is 18.8 Å². The molecule has 0 aromatic carbocycles. The highest BCUT2D eigenvalue weighted by Crippen LogP contribution is 2.37.